The van der Waals surface area contributed by atoms with E-state index in [0.717, 1.165) is 6.20 Å². The number of hydrogen-bond acceptors (Lipinski definition) is 8. The van der Waals surface area contributed by atoms with Gasteiger partial charge in [-0.05, 0) is 51.0 Å². The van der Waals surface area contributed by atoms with Gasteiger partial charge in [-0.3, -0.25) is 9.59 Å². The van der Waals surface area contributed by atoms with Gasteiger partial charge in [0, 0.05) is 68.8 Å². The van der Waals surface area contributed by atoms with E-state index in [2.05, 4.69) is 25.9 Å². The van der Waals surface area contributed by atoms with Crippen LogP contribution in [-0.2, 0) is 15.7 Å². The van der Waals surface area contributed by atoms with Crippen LogP contribution in [0.4, 0.5) is 35.4 Å². The summed E-state index contributed by atoms with van der Waals surface area (Å²) in [5, 5.41) is 8.64. The van der Waals surface area contributed by atoms with Gasteiger partial charge < -0.3 is 35.4 Å². The summed E-state index contributed by atoms with van der Waals surface area (Å²) in [4.78, 5) is 51.8. The number of morpholine rings is 1. The number of anilines is 3. The molecule has 1 aromatic heterocycles. The zero-order chi connectivity index (χ0) is 32.1. The highest BCUT2D eigenvalue weighted by Gasteiger charge is 2.39. The predicted octanol–water partition coefficient (Wildman–Crippen LogP) is 3.55. The molecule has 5 rings (SSSR count). The first kappa shape index (κ1) is 32.3. The molecule has 0 spiro atoms. The molecule has 0 bridgehead atoms. The monoisotopic (exact) mass is 632 g/mol. The van der Waals surface area contributed by atoms with Gasteiger partial charge in [0.2, 0.25) is 11.9 Å². The van der Waals surface area contributed by atoms with Gasteiger partial charge in [-0.15, -0.1) is 0 Å². The Morgan fingerprint density at radius 2 is 1.58 bits per heavy atom. The topological polar surface area (TPSA) is 132 Å². The first-order valence-electron chi connectivity index (χ1n) is 15.3. The van der Waals surface area contributed by atoms with Crippen molar-refractivity contribution in [1.29, 1.82) is 0 Å². The van der Waals surface area contributed by atoms with E-state index in [4.69, 9.17) is 4.74 Å². The third-order valence-corrected chi connectivity index (χ3v) is 8.21. The molecule has 3 N–H and O–H groups in total. The van der Waals surface area contributed by atoms with Crippen molar-refractivity contribution in [1.82, 2.24) is 30.0 Å². The minimum absolute atomic E-state index is 0.0376. The van der Waals surface area contributed by atoms with E-state index in [1.807, 2.05) is 13.8 Å². The molecule has 2 aliphatic heterocycles. The van der Waals surface area contributed by atoms with Gasteiger partial charge in [0.05, 0.1) is 19.1 Å². The van der Waals surface area contributed by atoms with E-state index in [1.54, 1.807) is 39.0 Å². The minimum atomic E-state index is -4.70. The van der Waals surface area contributed by atoms with Crippen LogP contribution in [0.5, 0.6) is 0 Å². The largest absolute Gasteiger partial charge is 0.421 e. The summed E-state index contributed by atoms with van der Waals surface area (Å²) in [6.45, 7) is 7.53. The molecule has 0 radical (unpaired) electrons. The Balaban J connectivity index is 1.21. The maximum absolute atomic E-state index is 13.8. The third kappa shape index (κ3) is 7.93. The fraction of sp³-hybridized carbons (Fsp3) is 0.567. The summed E-state index contributed by atoms with van der Waals surface area (Å²) in [6.07, 6.45) is -2.16. The quantitative estimate of drug-likeness (QED) is 0.423. The fourth-order valence-corrected chi connectivity index (χ4v) is 5.84. The number of rotatable bonds is 7. The van der Waals surface area contributed by atoms with E-state index in [1.165, 1.54) is 0 Å². The Bertz CT molecular complexity index is 1360. The highest BCUT2D eigenvalue weighted by Crippen LogP contribution is 2.37. The van der Waals surface area contributed by atoms with E-state index < -0.39 is 29.5 Å². The standard InChI is InChI=1S/C30H39F3N8O4/c1-19(2)35-26(42)22-4-3-5-24(22)37-25-23(30(31,32)33)18-34-28(38-25)36-21-8-6-20(7-9-21)27(43)39-10-12-40(13-11-39)29(44)41-14-16-45-17-15-41/h6-9,18-19,22,24H,3-5,10-17H2,1-2H3,(H,35,42)(H2,34,36,37,38)/t22-,24+/m0/s1. The van der Waals surface area contributed by atoms with Crippen molar-refractivity contribution in [3.05, 3.63) is 41.6 Å². The average Bonchev–Trinajstić information content (AvgIpc) is 3.49. The molecule has 2 saturated heterocycles. The first-order chi connectivity index (χ1) is 21.5. The second-order valence-electron chi connectivity index (χ2n) is 11.8. The van der Waals surface area contributed by atoms with Crippen LogP contribution < -0.4 is 16.0 Å². The molecule has 3 heterocycles. The smallest absolute Gasteiger partial charge is 0.378 e. The van der Waals surface area contributed by atoms with Crippen molar-refractivity contribution in [2.75, 3.05) is 63.1 Å². The Hall–Kier alpha value is -4.14. The zero-order valence-corrected chi connectivity index (χ0v) is 25.4. The molecular formula is C30H39F3N8O4. The van der Waals surface area contributed by atoms with Crippen LogP contribution in [0.2, 0.25) is 0 Å². The van der Waals surface area contributed by atoms with Crippen LogP contribution in [0.3, 0.4) is 0 Å². The van der Waals surface area contributed by atoms with E-state index >= 15 is 0 Å². The number of amides is 4. The first-order valence-corrected chi connectivity index (χ1v) is 15.3. The summed E-state index contributed by atoms with van der Waals surface area (Å²) in [7, 11) is 0. The molecule has 0 unspecified atom stereocenters. The molecule has 3 fully saturated rings. The number of carbonyl (C=O) groups is 3. The maximum Gasteiger partial charge on any atom is 0.421 e. The number of halogens is 3. The van der Waals surface area contributed by atoms with Crippen molar-refractivity contribution in [2.24, 2.45) is 5.92 Å². The molecule has 1 aliphatic carbocycles. The van der Waals surface area contributed by atoms with Crippen molar-refractivity contribution in [2.45, 2.75) is 51.4 Å². The minimum Gasteiger partial charge on any atom is -0.378 e. The summed E-state index contributed by atoms with van der Waals surface area (Å²) in [5.41, 5.74) is -0.0972. The molecule has 2 aromatic rings. The van der Waals surface area contributed by atoms with Crippen molar-refractivity contribution in [3.63, 3.8) is 0 Å². The average molecular weight is 633 g/mol. The fourth-order valence-electron chi connectivity index (χ4n) is 5.84. The molecule has 4 amide bonds. The lowest BCUT2D eigenvalue weighted by molar-refractivity contribution is -0.137. The van der Waals surface area contributed by atoms with Gasteiger partial charge in [0.1, 0.15) is 11.4 Å². The number of urea groups is 1. The number of aromatic nitrogens is 2. The highest BCUT2D eigenvalue weighted by molar-refractivity contribution is 5.94. The predicted molar refractivity (Wildman–Crippen MR) is 160 cm³/mol. The van der Waals surface area contributed by atoms with Gasteiger partial charge >= 0.3 is 12.2 Å². The van der Waals surface area contributed by atoms with Gasteiger partial charge in [0.25, 0.3) is 5.91 Å². The molecule has 12 nitrogen and oxygen atoms in total. The molecular weight excluding hydrogens is 593 g/mol. The van der Waals surface area contributed by atoms with E-state index in [0.29, 0.717) is 83.0 Å². The SMILES string of the molecule is CC(C)NC(=O)[C@H]1CCC[C@H]1Nc1nc(Nc2ccc(C(=O)N3CCN(C(=O)N4CCOCC4)CC3)cc2)ncc1C(F)(F)F. The van der Waals surface area contributed by atoms with Crippen LogP contribution >= 0.6 is 0 Å². The van der Waals surface area contributed by atoms with E-state index in [9.17, 15) is 27.6 Å². The summed E-state index contributed by atoms with van der Waals surface area (Å²) >= 11 is 0. The lowest BCUT2D eigenvalue weighted by atomic mass is 10.0. The Morgan fingerprint density at radius 1 is 0.933 bits per heavy atom. The molecule has 3 aliphatic rings. The number of nitrogens with zero attached hydrogens (tertiary/aromatic N) is 5. The third-order valence-electron chi connectivity index (χ3n) is 8.21. The van der Waals surface area contributed by atoms with Gasteiger partial charge in [-0.1, -0.05) is 6.42 Å². The molecule has 244 valence electrons. The van der Waals surface area contributed by atoms with Crippen LogP contribution in [0.1, 0.15) is 49.0 Å². The number of carbonyl (C=O) groups excluding carboxylic acids is 3. The number of piperazine rings is 1. The molecule has 15 heteroatoms. The molecule has 2 atom stereocenters. The Morgan fingerprint density at radius 3 is 2.22 bits per heavy atom. The van der Waals surface area contributed by atoms with Crippen LogP contribution in [0.15, 0.2) is 30.5 Å². The Labute approximate surface area is 259 Å². The van der Waals surface area contributed by atoms with Crippen LogP contribution in [0, 0.1) is 5.92 Å². The van der Waals surface area contributed by atoms with Crippen molar-refractivity contribution < 1.29 is 32.3 Å². The van der Waals surface area contributed by atoms with Crippen molar-refractivity contribution >= 4 is 35.3 Å². The summed E-state index contributed by atoms with van der Waals surface area (Å²) in [6, 6.07) is 5.88. The zero-order valence-electron chi connectivity index (χ0n) is 25.4. The summed E-state index contributed by atoms with van der Waals surface area (Å²) < 4.78 is 46.9. The second kappa shape index (κ2) is 13.9. The highest BCUT2D eigenvalue weighted by atomic mass is 19.4. The summed E-state index contributed by atoms with van der Waals surface area (Å²) in [5.74, 6) is -1.30. The molecule has 1 saturated carbocycles. The number of alkyl halides is 3. The lowest BCUT2D eigenvalue weighted by Crippen LogP contribution is -2.55. The van der Waals surface area contributed by atoms with E-state index in [-0.39, 0.29) is 29.8 Å². The van der Waals surface area contributed by atoms with Gasteiger partial charge in [-0.25, -0.2) is 9.78 Å². The van der Waals surface area contributed by atoms with Gasteiger partial charge in [-0.2, -0.15) is 18.2 Å². The van der Waals surface area contributed by atoms with Crippen LogP contribution in [0.25, 0.3) is 0 Å². The Kier molecular flexibility index (Phi) is 9.95. The maximum atomic E-state index is 13.8. The van der Waals surface area contributed by atoms with Crippen LogP contribution in [-0.4, -0.2) is 107 Å². The second-order valence-corrected chi connectivity index (χ2v) is 11.8. The van der Waals surface area contributed by atoms with Crippen molar-refractivity contribution in [3.8, 4) is 0 Å². The lowest BCUT2D eigenvalue weighted by Gasteiger charge is -2.38. The van der Waals surface area contributed by atoms with Gasteiger partial charge in [0.15, 0.2) is 0 Å². The number of nitrogens with one attached hydrogen (secondary N) is 3. The number of ether oxygens (including phenoxy) is 1. The number of hydrogen-bond donors (Lipinski definition) is 3. The molecule has 1 aromatic carbocycles. The number of benzene rings is 1. The normalized spacial score (nSPS) is 20.7. The molecule has 45 heavy (non-hydrogen) atoms.